The first-order chi connectivity index (χ1) is 9.13. The van der Waals surface area contributed by atoms with Gasteiger partial charge in [0.1, 0.15) is 5.78 Å². The Morgan fingerprint density at radius 2 is 1.89 bits per heavy atom. The van der Waals surface area contributed by atoms with Gasteiger partial charge in [0.15, 0.2) is 0 Å². The van der Waals surface area contributed by atoms with Crippen LogP contribution in [-0.4, -0.2) is 18.4 Å². The third-order valence-electron chi connectivity index (χ3n) is 3.36. The Hall–Kier alpha value is -1.19. The highest BCUT2D eigenvalue weighted by Crippen LogP contribution is 2.13. The molecule has 3 heteroatoms. The molecule has 0 radical (unpaired) electrons. The molecule has 0 unspecified atom stereocenters. The van der Waals surface area contributed by atoms with Crippen LogP contribution >= 0.6 is 0 Å². The number of hydrogen-bond acceptors (Lipinski definition) is 3. The highest BCUT2D eigenvalue weighted by molar-refractivity contribution is 5.83. The first-order valence-corrected chi connectivity index (χ1v) is 7.15. The third kappa shape index (κ3) is 6.50. The van der Waals surface area contributed by atoms with Gasteiger partial charge >= 0.3 is 0 Å². The average Bonchev–Trinajstić information content (AvgIpc) is 2.39. The van der Waals surface area contributed by atoms with E-state index in [0.29, 0.717) is 18.9 Å². The molecule has 1 aromatic rings. The molecule has 0 saturated carbocycles. The lowest BCUT2D eigenvalue weighted by molar-refractivity contribution is -0.121. The second-order valence-electron chi connectivity index (χ2n) is 5.36. The van der Waals surface area contributed by atoms with Crippen molar-refractivity contribution in [2.75, 3.05) is 6.54 Å². The first kappa shape index (κ1) is 15.9. The number of carbonyl (C=O) groups excluding carboxylic acids is 1. The van der Waals surface area contributed by atoms with E-state index in [1.165, 1.54) is 5.56 Å². The largest absolute Gasteiger partial charge is 0.330 e. The molecule has 19 heavy (non-hydrogen) atoms. The molecule has 2 atom stereocenters. The molecule has 0 aliphatic heterocycles. The van der Waals surface area contributed by atoms with Crippen LogP contribution < -0.4 is 11.5 Å². The lowest BCUT2D eigenvalue weighted by Gasteiger charge is -2.14. The summed E-state index contributed by atoms with van der Waals surface area (Å²) < 4.78 is 0. The quantitative estimate of drug-likeness (QED) is 0.671. The Bertz CT molecular complexity index is 364. The summed E-state index contributed by atoms with van der Waals surface area (Å²) in [5, 5.41) is 0. The van der Waals surface area contributed by atoms with Crippen molar-refractivity contribution in [2.45, 2.75) is 45.1 Å². The van der Waals surface area contributed by atoms with E-state index in [4.69, 9.17) is 11.5 Å². The fourth-order valence-electron chi connectivity index (χ4n) is 2.25. The van der Waals surface area contributed by atoms with Gasteiger partial charge in [-0.1, -0.05) is 43.7 Å². The summed E-state index contributed by atoms with van der Waals surface area (Å²) in [6.45, 7) is 2.78. The molecule has 0 bridgehead atoms. The summed E-state index contributed by atoms with van der Waals surface area (Å²) in [6.07, 6.45) is 4.14. The molecule has 0 aromatic heterocycles. The van der Waals surface area contributed by atoms with Crippen molar-refractivity contribution in [3.63, 3.8) is 0 Å². The Morgan fingerprint density at radius 1 is 1.21 bits per heavy atom. The maximum atomic E-state index is 12.0. The minimum absolute atomic E-state index is 0.181. The molecule has 4 N–H and O–H groups in total. The summed E-state index contributed by atoms with van der Waals surface area (Å²) in [7, 11) is 0. The number of rotatable bonds is 9. The van der Waals surface area contributed by atoms with Gasteiger partial charge in [-0.15, -0.1) is 0 Å². The van der Waals surface area contributed by atoms with Crippen LogP contribution in [0.5, 0.6) is 0 Å². The van der Waals surface area contributed by atoms with E-state index < -0.39 is 0 Å². The smallest absolute Gasteiger partial charge is 0.149 e. The van der Waals surface area contributed by atoms with Crippen molar-refractivity contribution in [3.8, 4) is 0 Å². The van der Waals surface area contributed by atoms with Crippen LogP contribution in [0.1, 0.15) is 38.2 Å². The molecular weight excluding hydrogens is 236 g/mol. The number of Topliss-reactive ketones (excluding diaryl/α,β-unsaturated/α-hetero) is 1. The normalized spacial score (nSPS) is 14.1. The van der Waals surface area contributed by atoms with Gasteiger partial charge in [-0.05, 0) is 37.3 Å². The molecule has 0 amide bonds. The summed E-state index contributed by atoms with van der Waals surface area (Å²) in [6, 6.07) is 9.95. The van der Waals surface area contributed by atoms with Crippen molar-refractivity contribution in [2.24, 2.45) is 17.4 Å². The van der Waals surface area contributed by atoms with Gasteiger partial charge < -0.3 is 11.5 Å². The number of hydrogen-bond donors (Lipinski definition) is 2. The minimum Gasteiger partial charge on any atom is -0.330 e. The third-order valence-corrected chi connectivity index (χ3v) is 3.36. The van der Waals surface area contributed by atoms with Gasteiger partial charge in [-0.3, -0.25) is 4.79 Å². The maximum Gasteiger partial charge on any atom is 0.149 e. The minimum atomic E-state index is -0.315. The van der Waals surface area contributed by atoms with Crippen LogP contribution in [0.15, 0.2) is 30.3 Å². The van der Waals surface area contributed by atoms with Gasteiger partial charge in [0.2, 0.25) is 0 Å². The zero-order valence-electron chi connectivity index (χ0n) is 11.8. The lowest BCUT2D eigenvalue weighted by atomic mass is 9.92. The van der Waals surface area contributed by atoms with Gasteiger partial charge in [0.05, 0.1) is 6.04 Å². The Balaban J connectivity index is 2.31. The fraction of sp³-hybridized carbons (Fsp3) is 0.562. The second-order valence-corrected chi connectivity index (χ2v) is 5.36. The van der Waals surface area contributed by atoms with Crippen LogP contribution in [0.2, 0.25) is 0 Å². The molecule has 0 fully saturated rings. The van der Waals surface area contributed by atoms with E-state index in [9.17, 15) is 4.79 Å². The highest BCUT2D eigenvalue weighted by atomic mass is 16.1. The molecular formula is C16H26N2O. The molecule has 3 nitrogen and oxygen atoms in total. The fourth-order valence-corrected chi connectivity index (χ4v) is 2.25. The Labute approximate surface area is 116 Å². The molecule has 106 valence electrons. The number of benzene rings is 1. The van der Waals surface area contributed by atoms with Crippen molar-refractivity contribution >= 4 is 5.78 Å². The number of carbonyl (C=O) groups is 1. The SMILES string of the molecule is C[C@H](CC(=O)[C@H](N)CCCCN)Cc1ccccc1. The molecule has 0 aliphatic rings. The van der Waals surface area contributed by atoms with Crippen molar-refractivity contribution < 1.29 is 4.79 Å². The molecule has 0 spiro atoms. The first-order valence-electron chi connectivity index (χ1n) is 7.15. The van der Waals surface area contributed by atoms with Crippen LogP contribution in [0, 0.1) is 5.92 Å². The second kappa shape index (κ2) is 8.83. The molecule has 0 saturated heterocycles. The number of ketones is 1. The van der Waals surface area contributed by atoms with E-state index >= 15 is 0 Å². The van der Waals surface area contributed by atoms with E-state index in [2.05, 4.69) is 19.1 Å². The van der Waals surface area contributed by atoms with E-state index in [-0.39, 0.29) is 11.8 Å². The topological polar surface area (TPSA) is 69.1 Å². The Kier molecular flexibility index (Phi) is 7.38. The van der Waals surface area contributed by atoms with Gasteiger partial charge in [0, 0.05) is 6.42 Å². The maximum absolute atomic E-state index is 12.0. The predicted molar refractivity (Wildman–Crippen MR) is 79.8 cm³/mol. The van der Waals surface area contributed by atoms with Crippen LogP contribution in [0.4, 0.5) is 0 Å². The number of unbranched alkanes of at least 4 members (excludes halogenated alkanes) is 1. The highest BCUT2D eigenvalue weighted by Gasteiger charge is 2.16. The molecule has 0 aliphatic carbocycles. The van der Waals surface area contributed by atoms with E-state index in [0.717, 1.165) is 25.7 Å². The average molecular weight is 262 g/mol. The van der Waals surface area contributed by atoms with Crippen LogP contribution in [-0.2, 0) is 11.2 Å². The Morgan fingerprint density at radius 3 is 2.53 bits per heavy atom. The van der Waals surface area contributed by atoms with E-state index in [1.807, 2.05) is 18.2 Å². The predicted octanol–water partition coefficient (Wildman–Crippen LogP) is 2.28. The van der Waals surface area contributed by atoms with E-state index in [1.54, 1.807) is 0 Å². The van der Waals surface area contributed by atoms with Gasteiger partial charge in [0.25, 0.3) is 0 Å². The summed E-state index contributed by atoms with van der Waals surface area (Å²) in [5.74, 6) is 0.524. The zero-order chi connectivity index (χ0) is 14.1. The summed E-state index contributed by atoms with van der Waals surface area (Å²) in [4.78, 5) is 12.0. The zero-order valence-corrected chi connectivity index (χ0v) is 11.8. The van der Waals surface area contributed by atoms with Gasteiger partial charge in [-0.2, -0.15) is 0 Å². The number of nitrogens with two attached hydrogens (primary N) is 2. The summed E-state index contributed by atoms with van der Waals surface area (Å²) in [5.41, 5.74) is 12.6. The van der Waals surface area contributed by atoms with Crippen molar-refractivity contribution in [3.05, 3.63) is 35.9 Å². The molecule has 0 heterocycles. The summed E-state index contributed by atoms with van der Waals surface area (Å²) >= 11 is 0. The standard InChI is InChI=1S/C16H26N2O/c1-13(11-14-7-3-2-4-8-14)12-16(19)15(18)9-5-6-10-17/h2-4,7-8,13,15H,5-6,9-12,17-18H2,1H3/t13-,15+/m0/s1. The van der Waals surface area contributed by atoms with Crippen molar-refractivity contribution in [1.82, 2.24) is 0 Å². The molecule has 1 rings (SSSR count). The van der Waals surface area contributed by atoms with Crippen LogP contribution in [0.25, 0.3) is 0 Å². The van der Waals surface area contributed by atoms with Gasteiger partial charge in [-0.25, -0.2) is 0 Å². The monoisotopic (exact) mass is 262 g/mol. The van der Waals surface area contributed by atoms with Crippen LogP contribution in [0.3, 0.4) is 0 Å². The lowest BCUT2D eigenvalue weighted by Crippen LogP contribution is -2.31. The van der Waals surface area contributed by atoms with Crippen molar-refractivity contribution in [1.29, 1.82) is 0 Å². The molecule has 1 aromatic carbocycles.